The molecule has 2 fully saturated rings. The third kappa shape index (κ3) is 5.75. The molecule has 1 aliphatic heterocycles. The second-order valence-electron chi connectivity index (χ2n) is 10.1. The predicted molar refractivity (Wildman–Crippen MR) is 138 cm³/mol. The zero-order valence-corrected chi connectivity index (χ0v) is 21.7. The van der Waals surface area contributed by atoms with Crippen LogP contribution >= 0.6 is 0 Å². The zero-order valence-electron chi connectivity index (χ0n) is 20.9. The minimum atomic E-state index is -3.83. The van der Waals surface area contributed by atoms with Crippen LogP contribution in [0.2, 0.25) is 0 Å². The number of aromatic nitrogens is 2. The summed E-state index contributed by atoms with van der Waals surface area (Å²) in [5, 5.41) is 11.1. The molecule has 37 heavy (non-hydrogen) atoms. The van der Waals surface area contributed by atoms with Crippen LogP contribution in [0, 0.1) is 11.8 Å². The molecular formula is C27H33N3O6S. The van der Waals surface area contributed by atoms with Crippen LogP contribution < -0.4 is 10.3 Å². The van der Waals surface area contributed by atoms with E-state index in [1.54, 1.807) is 24.3 Å². The molecule has 0 radical (unpaired) electrons. The number of rotatable bonds is 10. The summed E-state index contributed by atoms with van der Waals surface area (Å²) < 4.78 is 39.2. The lowest BCUT2D eigenvalue weighted by Gasteiger charge is -2.26. The first-order chi connectivity index (χ1) is 17.9. The van der Waals surface area contributed by atoms with Crippen molar-refractivity contribution in [2.45, 2.75) is 62.3 Å². The highest BCUT2D eigenvalue weighted by molar-refractivity contribution is 7.92. The summed E-state index contributed by atoms with van der Waals surface area (Å²) in [7, 11) is -3.83. The van der Waals surface area contributed by atoms with Crippen LogP contribution in [0.4, 0.5) is 5.69 Å². The van der Waals surface area contributed by atoms with Crippen molar-refractivity contribution >= 4 is 15.7 Å². The van der Waals surface area contributed by atoms with E-state index in [9.17, 15) is 18.3 Å². The Balaban J connectivity index is 1.43. The Morgan fingerprint density at radius 3 is 2.62 bits per heavy atom. The monoisotopic (exact) mass is 527 g/mol. The molecule has 10 heteroatoms. The van der Waals surface area contributed by atoms with Crippen LogP contribution in [0.1, 0.15) is 74.2 Å². The van der Waals surface area contributed by atoms with E-state index in [-0.39, 0.29) is 28.2 Å². The second-order valence-corrected chi connectivity index (χ2v) is 11.7. The van der Waals surface area contributed by atoms with Crippen molar-refractivity contribution in [1.29, 1.82) is 0 Å². The first-order valence-corrected chi connectivity index (χ1v) is 14.4. The van der Waals surface area contributed by atoms with Crippen molar-refractivity contribution in [2.75, 3.05) is 17.9 Å². The van der Waals surface area contributed by atoms with Gasteiger partial charge in [0.15, 0.2) is 5.03 Å². The van der Waals surface area contributed by atoms with Crippen LogP contribution in [0.5, 0.6) is 5.75 Å². The first-order valence-electron chi connectivity index (χ1n) is 12.9. The summed E-state index contributed by atoms with van der Waals surface area (Å²) in [6.45, 7) is 3.59. The van der Waals surface area contributed by atoms with Gasteiger partial charge in [0.2, 0.25) is 0 Å². The maximum Gasteiger partial charge on any atom is 0.343 e. The van der Waals surface area contributed by atoms with Gasteiger partial charge in [0, 0.05) is 36.8 Å². The summed E-state index contributed by atoms with van der Waals surface area (Å²) in [5.74, 6) is 0.808. The Labute approximate surface area is 216 Å². The minimum Gasteiger partial charge on any atom is -0.507 e. The lowest BCUT2D eigenvalue weighted by Crippen LogP contribution is -2.20. The fraction of sp³-hybridized carbons (Fsp3) is 0.481. The average molecular weight is 528 g/mol. The second kappa shape index (κ2) is 10.7. The van der Waals surface area contributed by atoms with Gasteiger partial charge in [-0.05, 0) is 68.1 Å². The largest absolute Gasteiger partial charge is 0.507 e. The molecule has 2 atom stereocenters. The van der Waals surface area contributed by atoms with E-state index in [1.807, 2.05) is 6.07 Å². The van der Waals surface area contributed by atoms with Gasteiger partial charge in [-0.3, -0.25) is 4.72 Å². The Bertz CT molecular complexity index is 1380. The third-order valence-electron chi connectivity index (χ3n) is 7.50. The van der Waals surface area contributed by atoms with Crippen molar-refractivity contribution in [3.63, 3.8) is 0 Å². The highest BCUT2D eigenvalue weighted by Crippen LogP contribution is 2.48. The molecule has 198 valence electrons. The maximum absolute atomic E-state index is 13.3. The quantitative estimate of drug-likeness (QED) is 0.347. The summed E-state index contributed by atoms with van der Waals surface area (Å²) in [4.78, 5) is 19.7. The van der Waals surface area contributed by atoms with Crippen molar-refractivity contribution in [3.8, 4) is 5.75 Å². The Kier molecular flexibility index (Phi) is 7.39. The van der Waals surface area contributed by atoms with Gasteiger partial charge >= 0.3 is 5.63 Å². The fourth-order valence-corrected chi connectivity index (χ4v) is 6.32. The number of imidazole rings is 1. The van der Waals surface area contributed by atoms with Crippen LogP contribution in [0.15, 0.2) is 57.1 Å². The van der Waals surface area contributed by atoms with Crippen LogP contribution in [-0.2, 0) is 14.8 Å². The number of nitrogens with zero attached hydrogens (tertiary/aromatic N) is 1. The molecule has 1 saturated heterocycles. The zero-order chi connectivity index (χ0) is 26.0. The SMILES string of the molecule is CCC(CC1CCOCC1)c1cc(O)c(C(c2cccc(NS(=O)(=O)c3cnc[nH]3)c2)C2CC2)c(=O)o1. The van der Waals surface area contributed by atoms with E-state index in [2.05, 4.69) is 21.6 Å². The molecule has 5 rings (SSSR count). The van der Waals surface area contributed by atoms with E-state index >= 15 is 0 Å². The van der Waals surface area contributed by atoms with Gasteiger partial charge in [-0.1, -0.05) is 19.1 Å². The highest BCUT2D eigenvalue weighted by atomic mass is 32.2. The minimum absolute atomic E-state index is 0.0447. The third-order valence-corrected chi connectivity index (χ3v) is 8.81. The molecule has 3 heterocycles. The fourth-order valence-electron chi connectivity index (χ4n) is 5.36. The molecule has 2 unspecified atom stereocenters. The van der Waals surface area contributed by atoms with E-state index < -0.39 is 21.6 Å². The Morgan fingerprint density at radius 1 is 1.19 bits per heavy atom. The molecule has 2 aliphatic rings. The van der Waals surface area contributed by atoms with Crippen molar-refractivity contribution in [3.05, 3.63) is 70.2 Å². The van der Waals surface area contributed by atoms with Gasteiger partial charge in [-0.15, -0.1) is 0 Å². The molecular weight excluding hydrogens is 494 g/mol. The van der Waals surface area contributed by atoms with Gasteiger partial charge in [0.1, 0.15) is 11.5 Å². The summed E-state index contributed by atoms with van der Waals surface area (Å²) in [6.07, 6.45) is 8.05. The van der Waals surface area contributed by atoms with E-state index in [4.69, 9.17) is 9.15 Å². The van der Waals surface area contributed by atoms with Crippen LogP contribution in [0.3, 0.4) is 0 Å². The number of hydrogen-bond acceptors (Lipinski definition) is 7. The molecule has 9 nitrogen and oxygen atoms in total. The molecule has 2 aromatic heterocycles. The number of H-pyrrole nitrogens is 1. The molecule has 1 aliphatic carbocycles. The van der Waals surface area contributed by atoms with E-state index in [0.29, 0.717) is 17.4 Å². The highest BCUT2D eigenvalue weighted by Gasteiger charge is 2.38. The predicted octanol–water partition coefficient (Wildman–Crippen LogP) is 4.72. The van der Waals surface area contributed by atoms with Crippen molar-refractivity contribution < 1.29 is 22.7 Å². The van der Waals surface area contributed by atoms with Gasteiger partial charge in [-0.2, -0.15) is 8.42 Å². The molecule has 3 N–H and O–H groups in total. The smallest absolute Gasteiger partial charge is 0.343 e. The van der Waals surface area contributed by atoms with E-state index in [0.717, 1.165) is 57.3 Å². The molecule has 0 spiro atoms. The van der Waals surface area contributed by atoms with Crippen LogP contribution in [0.25, 0.3) is 0 Å². The molecule has 3 aromatic rings. The number of sulfonamides is 1. The number of hydrogen-bond donors (Lipinski definition) is 3. The summed E-state index contributed by atoms with van der Waals surface area (Å²) in [5.41, 5.74) is 0.819. The summed E-state index contributed by atoms with van der Waals surface area (Å²) in [6, 6.07) is 8.57. The lowest BCUT2D eigenvalue weighted by atomic mass is 9.84. The van der Waals surface area contributed by atoms with Gasteiger partial charge in [0.05, 0.1) is 18.1 Å². The van der Waals surface area contributed by atoms with Gasteiger partial charge in [0.25, 0.3) is 10.0 Å². The van der Waals surface area contributed by atoms with Crippen molar-refractivity contribution in [2.24, 2.45) is 11.8 Å². The molecule has 1 saturated carbocycles. The number of anilines is 1. The first kappa shape index (κ1) is 25.5. The normalized spacial score (nSPS) is 18.4. The number of nitrogens with one attached hydrogen (secondary N) is 2. The van der Waals surface area contributed by atoms with Crippen LogP contribution in [-0.4, -0.2) is 36.7 Å². The average Bonchev–Trinajstić information content (AvgIpc) is 3.55. The molecule has 1 aromatic carbocycles. The standard InChI is InChI=1S/C27H33N3O6S/c1-2-18(12-17-8-10-35-11-9-17)23-14-22(31)26(27(32)36-23)25(19-6-7-19)20-4-3-5-21(13-20)30-37(33,34)24-15-28-16-29-24/h3-5,13-19,25,30-31H,2,6-12H2,1H3,(H,28,29). The molecule has 0 amide bonds. The maximum atomic E-state index is 13.3. The summed E-state index contributed by atoms with van der Waals surface area (Å²) >= 11 is 0. The van der Waals surface area contributed by atoms with Crippen molar-refractivity contribution in [1.82, 2.24) is 9.97 Å². The number of ether oxygens (including phenoxy) is 1. The number of aromatic amines is 1. The molecule has 0 bridgehead atoms. The van der Waals surface area contributed by atoms with E-state index in [1.165, 1.54) is 12.5 Å². The topological polar surface area (TPSA) is 135 Å². The Morgan fingerprint density at radius 2 is 1.97 bits per heavy atom. The Hall–Kier alpha value is -3.11. The number of aromatic hydroxyl groups is 1. The van der Waals surface area contributed by atoms with Gasteiger partial charge in [-0.25, -0.2) is 9.78 Å². The lowest BCUT2D eigenvalue weighted by molar-refractivity contribution is 0.0606. The number of benzene rings is 1. The van der Waals surface area contributed by atoms with Gasteiger partial charge < -0.3 is 19.2 Å².